The molecule has 0 aliphatic carbocycles. The fraction of sp³-hybridized carbons (Fsp3) is 0.467. The Bertz CT molecular complexity index is 487. The molecular weight excluding hydrogens is 272 g/mol. The fourth-order valence-corrected chi connectivity index (χ4v) is 1.56. The van der Waals surface area contributed by atoms with Crippen molar-refractivity contribution in [2.24, 2.45) is 0 Å². The lowest BCUT2D eigenvalue weighted by Gasteiger charge is -2.24. The number of carbonyl (C=O) groups excluding carboxylic acids is 1. The zero-order valence-electron chi connectivity index (χ0n) is 12.6. The highest BCUT2D eigenvalue weighted by Gasteiger charge is 2.32. The second kappa shape index (κ2) is 7.52. The Morgan fingerprint density at radius 1 is 1.24 bits per heavy atom. The van der Waals surface area contributed by atoms with Crippen LogP contribution in [0, 0.1) is 0 Å². The first kappa shape index (κ1) is 16.8. The fourth-order valence-electron chi connectivity index (χ4n) is 1.56. The van der Waals surface area contributed by atoms with E-state index >= 15 is 0 Å². The summed E-state index contributed by atoms with van der Waals surface area (Å²) in [7, 11) is 0. The topological polar surface area (TPSA) is 87.7 Å². The van der Waals surface area contributed by atoms with Crippen molar-refractivity contribution in [1.29, 1.82) is 0 Å². The molecule has 3 N–H and O–H groups in total. The number of anilines is 1. The number of hydrogen-bond acceptors (Lipinski definition) is 3. The van der Waals surface area contributed by atoms with E-state index in [2.05, 4.69) is 10.6 Å². The van der Waals surface area contributed by atoms with Gasteiger partial charge in [-0.25, -0.2) is 9.59 Å². The maximum Gasteiger partial charge on any atom is 0.329 e. The molecule has 1 atom stereocenters. The number of amides is 2. The van der Waals surface area contributed by atoms with E-state index in [1.165, 1.54) is 6.92 Å². The van der Waals surface area contributed by atoms with Crippen molar-refractivity contribution < 1.29 is 19.4 Å². The third-order valence-corrected chi connectivity index (χ3v) is 3.15. The lowest BCUT2D eigenvalue weighted by molar-refractivity contribution is -0.143. The van der Waals surface area contributed by atoms with Gasteiger partial charge in [0.15, 0.2) is 0 Å². The van der Waals surface area contributed by atoms with Crippen molar-refractivity contribution in [3.05, 3.63) is 24.3 Å². The maximum atomic E-state index is 11.8. The Labute approximate surface area is 124 Å². The van der Waals surface area contributed by atoms with Gasteiger partial charge in [0.1, 0.15) is 11.3 Å². The largest absolute Gasteiger partial charge is 0.494 e. The average molecular weight is 294 g/mol. The molecule has 1 rings (SSSR count). The number of carbonyl (C=O) groups is 2. The molecule has 1 aromatic rings. The minimum atomic E-state index is -1.28. The Morgan fingerprint density at radius 2 is 1.86 bits per heavy atom. The number of carboxylic acid groups (broad SMARTS) is 1. The monoisotopic (exact) mass is 294 g/mol. The Balaban J connectivity index is 2.60. The highest BCUT2D eigenvalue weighted by molar-refractivity contribution is 5.93. The zero-order valence-corrected chi connectivity index (χ0v) is 12.6. The third-order valence-electron chi connectivity index (χ3n) is 3.15. The summed E-state index contributed by atoms with van der Waals surface area (Å²) in [5.74, 6) is -0.338. The van der Waals surface area contributed by atoms with Gasteiger partial charge in [0.25, 0.3) is 0 Å². The molecule has 6 heteroatoms. The average Bonchev–Trinajstić information content (AvgIpc) is 2.46. The molecule has 0 fully saturated rings. The molecule has 116 valence electrons. The van der Waals surface area contributed by atoms with Crippen molar-refractivity contribution >= 4 is 17.7 Å². The molecule has 0 radical (unpaired) electrons. The van der Waals surface area contributed by atoms with Crippen LogP contribution in [0.15, 0.2) is 24.3 Å². The lowest BCUT2D eigenvalue weighted by Crippen LogP contribution is -2.53. The van der Waals surface area contributed by atoms with E-state index < -0.39 is 17.5 Å². The van der Waals surface area contributed by atoms with Crippen LogP contribution in [-0.4, -0.2) is 29.3 Å². The summed E-state index contributed by atoms with van der Waals surface area (Å²) in [4.78, 5) is 23.0. The van der Waals surface area contributed by atoms with Crippen LogP contribution in [0.3, 0.4) is 0 Å². The molecule has 1 unspecified atom stereocenters. The molecule has 0 aliphatic rings. The molecule has 6 nitrogen and oxygen atoms in total. The highest BCUT2D eigenvalue weighted by atomic mass is 16.5. The second-order valence-corrected chi connectivity index (χ2v) is 4.94. The van der Waals surface area contributed by atoms with Crippen molar-refractivity contribution in [1.82, 2.24) is 5.32 Å². The quantitative estimate of drug-likeness (QED) is 0.721. The number of rotatable bonds is 7. The summed E-state index contributed by atoms with van der Waals surface area (Å²) in [6.07, 6.45) is 1.22. The van der Waals surface area contributed by atoms with Crippen LogP contribution in [-0.2, 0) is 4.79 Å². The van der Waals surface area contributed by atoms with Crippen LogP contribution in [0.25, 0.3) is 0 Å². The summed E-state index contributed by atoms with van der Waals surface area (Å²) in [6, 6.07) is 6.36. The smallest absolute Gasteiger partial charge is 0.329 e. The molecule has 0 bridgehead atoms. The van der Waals surface area contributed by atoms with Gasteiger partial charge in [0, 0.05) is 5.69 Å². The number of nitrogens with one attached hydrogen (secondary N) is 2. The SMILES string of the molecule is CCCOc1ccc(NC(=O)NC(C)(CC)C(=O)O)cc1. The normalized spacial score (nSPS) is 13.1. The first-order valence-corrected chi connectivity index (χ1v) is 6.96. The number of aliphatic carboxylic acids is 1. The van der Waals surface area contributed by atoms with Crippen molar-refractivity contribution in [2.45, 2.75) is 39.2 Å². The summed E-state index contributed by atoms with van der Waals surface area (Å²) < 4.78 is 5.44. The summed E-state index contributed by atoms with van der Waals surface area (Å²) in [6.45, 7) is 5.83. The van der Waals surface area contributed by atoms with Crippen LogP contribution in [0.2, 0.25) is 0 Å². The number of benzene rings is 1. The van der Waals surface area contributed by atoms with E-state index in [0.717, 1.165) is 12.2 Å². The van der Waals surface area contributed by atoms with Gasteiger partial charge < -0.3 is 20.5 Å². The second-order valence-electron chi connectivity index (χ2n) is 4.94. The minimum Gasteiger partial charge on any atom is -0.494 e. The molecule has 0 saturated carbocycles. The first-order chi connectivity index (χ1) is 9.91. The molecule has 0 saturated heterocycles. The standard InChI is InChI=1S/C15H22N2O4/c1-4-10-21-12-8-6-11(7-9-12)16-14(20)17-15(3,5-2)13(18)19/h6-9H,4-5,10H2,1-3H3,(H,18,19)(H2,16,17,20). The summed E-state index contributed by atoms with van der Waals surface area (Å²) >= 11 is 0. The number of hydrogen-bond donors (Lipinski definition) is 3. The number of urea groups is 1. The molecule has 1 aromatic carbocycles. The molecular formula is C15H22N2O4. The van der Waals surface area contributed by atoms with Gasteiger partial charge in [0.05, 0.1) is 6.61 Å². The highest BCUT2D eigenvalue weighted by Crippen LogP contribution is 2.16. The van der Waals surface area contributed by atoms with Crippen molar-refractivity contribution in [2.75, 3.05) is 11.9 Å². The van der Waals surface area contributed by atoms with E-state index in [-0.39, 0.29) is 0 Å². The number of carboxylic acids is 1. The summed E-state index contributed by atoms with van der Waals surface area (Å²) in [5.41, 5.74) is -0.714. The van der Waals surface area contributed by atoms with Gasteiger partial charge in [-0.3, -0.25) is 0 Å². The maximum absolute atomic E-state index is 11.8. The van der Waals surface area contributed by atoms with Crippen LogP contribution >= 0.6 is 0 Å². The van der Waals surface area contributed by atoms with E-state index in [0.29, 0.717) is 18.7 Å². The van der Waals surface area contributed by atoms with Gasteiger partial charge >= 0.3 is 12.0 Å². The predicted octanol–water partition coefficient (Wildman–Crippen LogP) is 2.85. The van der Waals surface area contributed by atoms with E-state index in [9.17, 15) is 9.59 Å². The van der Waals surface area contributed by atoms with Gasteiger partial charge in [-0.2, -0.15) is 0 Å². The number of ether oxygens (including phenoxy) is 1. The minimum absolute atomic E-state index is 0.291. The van der Waals surface area contributed by atoms with Gasteiger partial charge in [0.2, 0.25) is 0 Å². The van der Waals surface area contributed by atoms with Crippen LogP contribution in [0.5, 0.6) is 5.75 Å². The lowest BCUT2D eigenvalue weighted by atomic mass is 10.00. The van der Waals surface area contributed by atoms with E-state index in [1.807, 2.05) is 6.92 Å². The van der Waals surface area contributed by atoms with Gasteiger partial charge in [-0.05, 0) is 44.0 Å². The molecule has 21 heavy (non-hydrogen) atoms. The molecule has 2 amide bonds. The Hall–Kier alpha value is -2.24. The third kappa shape index (κ3) is 4.98. The molecule has 0 spiro atoms. The van der Waals surface area contributed by atoms with Gasteiger partial charge in [-0.15, -0.1) is 0 Å². The Morgan fingerprint density at radius 3 is 2.33 bits per heavy atom. The van der Waals surface area contributed by atoms with Gasteiger partial charge in [-0.1, -0.05) is 13.8 Å². The van der Waals surface area contributed by atoms with Crippen LogP contribution in [0.4, 0.5) is 10.5 Å². The van der Waals surface area contributed by atoms with E-state index in [1.54, 1.807) is 31.2 Å². The predicted molar refractivity (Wildman–Crippen MR) is 80.7 cm³/mol. The van der Waals surface area contributed by atoms with E-state index in [4.69, 9.17) is 9.84 Å². The summed E-state index contributed by atoms with van der Waals surface area (Å²) in [5, 5.41) is 14.2. The molecule has 0 aromatic heterocycles. The Kier molecular flexibility index (Phi) is 6.02. The van der Waals surface area contributed by atoms with Crippen molar-refractivity contribution in [3.8, 4) is 5.75 Å². The van der Waals surface area contributed by atoms with Crippen molar-refractivity contribution in [3.63, 3.8) is 0 Å². The molecule has 0 heterocycles. The molecule has 0 aliphatic heterocycles. The first-order valence-electron chi connectivity index (χ1n) is 6.96. The van der Waals surface area contributed by atoms with Crippen LogP contribution < -0.4 is 15.4 Å². The zero-order chi connectivity index (χ0) is 15.9. The van der Waals surface area contributed by atoms with Crippen LogP contribution in [0.1, 0.15) is 33.6 Å².